The van der Waals surface area contributed by atoms with Crippen LogP contribution in [0.4, 0.5) is 5.69 Å². The van der Waals surface area contributed by atoms with Gasteiger partial charge in [0.25, 0.3) is 0 Å². The van der Waals surface area contributed by atoms with E-state index in [0.717, 1.165) is 5.69 Å². The number of hydrogen-bond donors (Lipinski definition) is 2. The zero-order valence-electron chi connectivity index (χ0n) is 11.8. The van der Waals surface area contributed by atoms with Gasteiger partial charge in [0.1, 0.15) is 0 Å². The summed E-state index contributed by atoms with van der Waals surface area (Å²) in [5.74, 6) is 0.331. The third-order valence-corrected chi connectivity index (χ3v) is 2.73. The molecule has 2 amide bonds. The molecule has 0 saturated carbocycles. The maximum Gasteiger partial charge on any atom is 0.226 e. The van der Waals surface area contributed by atoms with Gasteiger partial charge < -0.3 is 10.6 Å². The molecule has 0 saturated heterocycles. The highest BCUT2D eigenvalue weighted by molar-refractivity contribution is 5.91. The minimum Gasteiger partial charge on any atom is -0.356 e. The molecule has 8 heteroatoms. The SMILES string of the molecule is CC(=O)NCCC(=O)Nc1cccc(-n2nnnc2C)c1. The van der Waals surface area contributed by atoms with E-state index in [0.29, 0.717) is 18.1 Å². The monoisotopic (exact) mass is 288 g/mol. The second-order valence-corrected chi connectivity index (χ2v) is 4.47. The lowest BCUT2D eigenvalue weighted by Crippen LogP contribution is -2.25. The van der Waals surface area contributed by atoms with Crippen molar-refractivity contribution >= 4 is 17.5 Å². The molecule has 21 heavy (non-hydrogen) atoms. The van der Waals surface area contributed by atoms with Crippen LogP contribution in [0.3, 0.4) is 0 Å². The molecule has 110 valence electrons. The number of nitrogens with zero attached hydrogens (tertiary/aromatic N) is 4. The van der Waals surface area contributed by atoms with Gasteiger partial charge in [-0.2, -0.15) is 4.68 Å². The number of benzene rings is 1. The minimum atomic E-state index is -0.172. The van der Waals surface area contributed by atoms with Gasteiger partial charge in [-0.15, -0.1) is 5.10 Å². The van der Waals surface area contributed by atoms with E-state index >= 15 is 0 Å². The number of nitrogens with one attached hydrogen (secondary N) is 2. The van der Waals surface area contributed by atoms with Crippen LogP contribution in [0.5, 0.6) is 0 Å². The number of aromatic nitrogens is 4. The number of carbonyl (C=O) groups is 2. The van der Waals surface area contributed by atoms with Crippen molar-refractivity contribution in [3.63, 3.8) is 0 Å². The number of tetrazole rings is 1. The van der Waals surface area contributed by atoms with Gasteiger partial charge in [0.05, 0.1) is 5.69 Å². The predicted molar refractivity (Wildman–Crippen MR) is 75.8 cm³/mol. The molecule has 1 heterocycles. The maximum absolute atomic E-state index is 11.7. The zero-order valence-corrected chi connectivity index (χ0v) is 11.8. The van der Waals surface area contributed by atoms with E-state index in [1.54, 1.807) is 29.8 Å². The quantitative estimate of drug-likeness (QED) is 0.831. The van der Waals surface area contributed by atoms with Crippen LogP contribution in [0.15, 0.2) is 24.3 Å². The number of amides is 2. The summed E-state index contributed by atoms with van der Waals surface area (Å²) < 4.78 is 1.58. The van der Waals surface area contributed by atoms with Crippen molar-refractivity contribution in [3.8, 4) is 5.69 Å². The van der Waals surface area contributed by atoms with E-state index in [1.807, 2.05) is 6.07 Å². The highest BCUT2D eigenvalue weighted by Gasteiger charge is 2.06. The Balaban J connectivity index is 2.00. The normalized spacial score (nSPS) is 10.2. The van der Waals surface area contributed by atoms with E-state index in [1.165, 1.54) is 6.92 Å². The summed E-state index contributed by atoms with van der Waals surface area (Å²) in [7, 11) is 0. The van der Waals surface area contributed by atoms with Crippen LogP contribution in [-0.4, -0.2) is 38.6 Å². The van der Waals surface area contributed by atoms with Gasteiger partial charge in [-0.1, -0.05) is 6.07 Å². The second-order valence-electron chi connectivity index (χ2n) is 4.47. The van der Waals surface area contributed by atoms with Crippen molar-refractivity contribution in [3.05, 3.63) is 30.1 Å². The molecule has 0 aliphatic carbocycles. The summed E-state index contributed by atoms with van der Waals surface area (Å²) in [6.07, 6.45) is 0.216. The predicted octanol–water partition coefficient (Wildman–Crippen LogP) is 0.435. The van der Waals surface area contributed by atoms with Gasteiger partial charge in [0.15, 0.2) is 5.82 Å². The Bertz CT molecular complexity index is 652. The first-order valence-electron chi connectivity index (χ1n) is 6.46. The smallest absolute Gasteiger partial charge is 0.226 e. The molecule has 8 nitrogen and oxygen atoms in total. The van der Waals surface area contributed by atoms with Gasteiger partial charge in [0.2, 0.25) is 11.8 Å². The zero-order chi connectivity index (χ0) is 15.2. The third kappa shape index (κ3) is 4.10. The molecule has 0 aliphatic rings. The lowest BCUT2D eigenvalue weighted by atomic mass is 10.2. The summed E-state index contributed by atoms with van der Waals surface area (Å²) in [6, 6.07) is 7.20. The number of hydrogen-bond acceptors (Lipinski definition) is 5. The van der Waals surface area contributed by atoms with Gasteiger partial charge in [-0.3, -0.25) is 9.59 Å². The van der Waals surface area contributed by atoms with Gasteiger partial charge in [0, 0.05) is 25.6 Å². The Morgan fingerprint density at radius 1 is 1.33 bits per heavy atom. The van der Waals surface area contributed by atoms with Crippen LogP contribution in [0.2, 0.25) is 0 Å². The third-order valence-electron chi connectivity index (χ3n) is 2.73. The molecule has 2 aromatic rings. The van der Waals surface area contributed by atoms with Crippen LogP contribution < -0.4 is 10.6 Å². The van der Waals surface area contributed by atoms with Gasteiger partial charge in [-0.05, 0) is 35.5 Å². The molecule has 2 rings (SSSR count). The summed E-state index contributed by atoms with van der Waals surface area (Å²) in [5, 5.41) is 16.6. The highest BCUT2D eigenvalue weighted by Crippen LogP contribution is 2.14. The van der Waals surface area contributed by atoms with Crippen LogP contribution in [-0.2, 0) is 9.59 Å². The summed E-state index contributed by atoms with van der Waals surface area (Å²) in [5.41, 5.74) is 1.41. The van der Waals surface area contributed by atoms with Crippen molar-refractivity contribution in [1.29, 1.82) is 0 Å². The molecule has 2 N–H and O–H groups in total. The molecular formula is C13H16N6O2. The van der Waals surface area contributed by atoms with E-state index < -0.39 is 0 Å². The fraction of sp³-hybridized carbons (Fsp3) is 0.308. The maximum atomic E-state index is 11.7. The second kappa shape index (κ2) is 6.60. The van der Waals surface area contributed by atoms with E-state index in [4.69, 9.17) is 0 Å². The van der Waals surface area contributed by atoms with Gasteiger partial charge >= 0.3 is 0 Å². The average Bonchev–Trinajstić information content (AvgIpc) is 2.85. The van der Waals surface area contributed by atoms with Crippen molar-refractivity contribution < 1.29 is 9.59 Å². The number of aryl methyl sites for hydroxylation is 1. The highest BCUT2D eigenvalue weighted by atomic mass is 16.2. The Labute approximate surface area is 121 Å². The Morgan fingerprint density at radius 3 is 2.81 bits per heavy atom. The molecular weight excluding hydrogens is 272 g/mol. The average molecular weight is 288 g/mol. The molecule has 0 unspecified atom stereocenters. The number of anilines is 1. The Morgan fingerprint density at radius 2 is 2.14 bits per heavy atom. The van der Waals surface area contributed by atoms with Gasteiger partial charge in [-0.25, -0.2) is 0 Å². The van der Waals surface area contributed by atoms with E-state index in [9.17, 15) is 9.59 Å². The first kappa shape index (κ1) is 14.6. The van der Waals surface area contributed by atoms with Crippen molar-refractivity contribution in [2.24, 2.45) is 0 Å². The summed E-state index contributed by atoms with van der Waals surface area (Å²) in [4.78, 5) is 22.5. The lowest BCUT2D eigenvalue weighted by molar-refractivity contribution is -0.119. The first-order chi connectivity index (χ1) is 10.1. The van der Waals surface area contributed by atoms with Crippen LogP contribution in [0, 0.1) is 6.92 Å². The molecule has 1 aromatic carbocycles. The fourth-order valence-electron chi connectivity index (χ4n) is 1.76. The molecule has 0 atom stereocenters. The first-order valence-corrected chi connectivity index (χ1v) is 6.46. The molecule has 0 aliphatic heterocycles. The van der Waals surface area contributed by atoms with Crippen LogP contribution in [0.1, 0.15) is 19.2 Å². The standard InChI is InChI=1S/C13H16N6O2/c1-9-16-17-18-19(9)12-5-3-4-11(8-12)15-13(21)6-7-14-10(2)20/h3-5,8H,6-7H2,1-2H3,(H,14,20)(H,15,21). The lowest BCUT2D eigenvalue weighted by Gasteiger charge is -2.08. The number of carbonyl (C=O) groups excluding carboxylic acids is 2. The Kier molecular flexibility index (Phi) is 4.60. The number of rotatable bonds is 5. The van der Waals surface area contributed by atoms with Crippen molar-refractivity contribution in [2.45, 2.75) is 20.3 Å². The van der Waals surface area contributed by atoms with Crippen molar-refractivity contribution in [2.75, 3.05) is 11.9 Å². The minimum absolute atomic E-state index is 0.154. The fourth-order valence-corrected chi connectivity index (χ4v) is 1.76. The topological polar surface area (TPSA) is 102 Å². The van der Waals surface area contributed by atoms with E-state index in [2.05, 4.69) is 26.2 Å². The molecule has 0 bridgehead atoms. The van der Waals surface area contributed by atoms with Crippen molar-refractivity contribution in [1.82, 2.24) is 25.5 Å². The molecule has 0 radical (unpaired) electrons. The Hall–Kier alpha value is -2.77. The largest absolute Gasteiger partial charge is 0.356 e. The van der Waals surface area contributed by atoms with Crippen LogP contribution >= 0.6 is 0 Å². The molecule has 0 fully saturated rings. The summed E-state index contributed by atoms with van der Waals surface area (Å²) in [6.45, 7) is 3.52. The summed E-state index contributed by atoms with van der Waals surface area (Å²) >= 11 is 0. The molecule has 0 spiro atoms. The van der Waals surface area contributed by atoms with Crippen LogP contribution in [0.25, 0.3) is 5.69 Å². The molecule has 1 aromatic heterocycles. The van der Waals surface area contributed by atoms with E-state index in [-0.39, 0.29) is 18.2 Å².